The molecule has 1 aromatic rings. The fraction of sp³-hybridized carbons (Fsp3) is 0.538. The first-order chi connectivity index (χ1) is 9.88. The molecule has 2 rings (SSSR count). The number of aromatic nitrogens is 1. The second-order valence-corrected chi connectivity index (χ2v) is 4.65. The van der Waals surface area contributed by atoms with Crippen LogP contribution in [0.5, 0.6) is 5.88 Å². The maximum absolute atomic E-state index is 12.7. The number of carboxylic acids is 1. The summed E-state index contributed by atoms with van der Waals surface area (Å²) in [6, 6.07) is 1.67. The van der Waals surface area contributed by atoms with Gasteiger partial charge >= 0.3 is 12.1 Å². The normalized spacial score (nSPS) is 19.3. The van der Waals surface area contributed by atoms with Gasteiger partial charge < -0.3 is 14.6 Å². The molecule has 1 N–H and O–H groups in total. The zero-order valence-electron chi connectivity index (χ0n) is 11.0. The van der Waals surface area contributed by atoms with Crippen molar-refractivity contribution < 1.29 is 32.5 Å². The molecule has 1 saturated heterocycles. The minimum absolute atomic E-state index is 0.136. The third-order valence-electron chi connectivity index (χ3n) is 3.07. The predicted octanol–water partition coefficient (Wildman–Crippen LogP) is 2.75. The molecular weight excluding hydrogens is 291 g/mol. The minimum atomic E-state index is -4.77. The molecule has 8 heteroatoms. The summed E-state index contributed by atoms with van der Waals surface area (Å²) in [5.41, 5.74) is -2.36. The smallest absolute Gasteiger partial charge is 0.418 e. The number of alkyl halides is 3. The summed E-state index contributed by atoms with van der Waals surface area (Å²) in [4.78, 5) is 14.3. The molecule has 0 aliphatic carbocycles. The van der Waals surface area contributed by atoms with Crippen LogP contribution in [0.25, 0.3) is 0 Å². The molecule has 0 amide bonds. The van der Waals surface area contributed by atoms with Crippen LogP contribution < -0.4 is 4.74 Å². The molecule has 1 aliphatic rings. The van der Waals surface area contributed by atoms with Crippen molar-refractivity contribution >= 4 is 5.97 Å². The lowest BCUT2D eigenvalue weighted by Crippen LogP contribution is -2.26. The van der Waals surface area contributed by atoms with E-state index in [0.717, 1.165) is 25.3 Å². The average Bonchev–Trinajstić information content (AvgIpc) is 2.45. The van der Waals surface area contributed by atoms with E-state index in [4.69, 9.17) is 14.6 Å². The van der Waals surface area contributed by atoms with E-state index in [1.807, 2.05) is 0 Å². The van der Waals surface area contributed by atoms with Crippen molar-refractivity contribution in [2.45, 2.75) is 31.5 Å². The molecule has 5 nitrogen and oxygen atoms in total. The number of carboxylic acid groups (broad SMARTS) is 1. The Morgan fingerprint density at radius 3 is 2.76 bits per heavy atom. The van der Waals surface area contributed by atoms with Gasteiger partial charge in [0.1, 0.15) is 6.61 Å². The van der Waals surface area contributed by atoms with Gasteiger partial charge in [-0.3, -0.25) is 0 Å². The maximum atomic E-state index is 12.7. The van der Waals surface area contributed by atoms with Crippen molar-refractivity contribution in [2.75, 3.05) is 13.2 Å². The van der Waals surface area contributed by atoms with Crippen molar-refractivity contribution in [2.24, 2.45) is 0 Å². The minimum Gasteiger partial charge on any atom is -0.476 e. The number of nitrogens with zero attached hydrogens (tertiary/aromatic N) is 1. The molecule has 1 fully saturated rings. The van der Waals surface area contributed by atoms with Crippen LogP contribution in [0.4, 0.5) is 13.2 Å². The highest BCUT2D eigenvalue weighted by Crippen LogP contribution is 2.32. The molecule has 0 aromatic carbocycles. The van der Waals surface area contributed by atoms with Gasteiger partial charge in [0.15, 0.2) is 5.69 Å². The predicted molar refractivity (Wildman–Crippen MR) is 65.3 cm³/mol. The molecule has 1 aliphatic heterocycles. The van der Waals surface area contributed by atoms with E-state index < -0.39 is 23.4 Å². The van der Waals surface area contributed by atoms with Crippen LogP contribution >= 0.6 is 0 Å². The number of aromatic carboxylic acids is 1. The fourth-order valence-corrected chi connectivity index (χ4v) is 2.03. The molecule has 1 atom stereocenters. The van der Waals surface area contributed by atoms with Crippen LogP contribution in [0.2, 0.25) is 0 Å². The molecule has 0 saturated carbocycles. The zero-order valence-corrected chi connectivity index (χ0v) is 11.0. The van der Waals surface area contributed by atoms with Crippen molar-refractivity contribution in [1.29, 1.82) is 0 Å². The number of hydrogen-bond donors (Lipinski definition) is 1. The van der Waals surface area contributed by atoms with Crippen molar-refractivity contribution in [3.05, 3.63) is 23.4 Å². The van der Waals surface area contributed by atoms with E-state index in [1.54, 1.807) is 0 Å². The third kappa shape index (κ3) is 4.07. The second-order valence-electron chi connectivity index (χ2n) is 4.65. The number of carbonyl (C=O) groups is 1. The van der Waals surface area contributed by atoms with Gasteiger partial charge in [-0.25, -0.2) is 9.78 Å². The van der Waals surface area contributed by atoms with Crippen molar-refractivity contribution in [3.8, 4) is 5.88 Å². The maximum Gasteiger partial charge on any atom is 0.418 e. The number of pyridine rings is 1. The van der Waals surface area contributed by atoms with Gasteiger partial charge in [0.05, 0.1) is 11.7 Å². The van der Waals surface area contributed by atoms with E-state index in [1.165, 1.54) is 0 Å². The average molecular weight is 305 g/mol. The van der Waals surface area contributed by atoms with Crippen LogP contribution in [-0.2, 0) is 10.9 Å². The molecule has 1 aromatic heterocycles. The highest BCUT2D eigenvalue weighted by atomic mass is 19.4. The quantitative estimate of drug-likeness (QED) is 0.926. The van der Waals surface area contributed by atoms with Gasteiger partial charge in [-0.1, -0.05) is 0 Å². The number of rotatable bonds is 4. The van der Waals surface area contributed by atoms with E-state index in [0.29, 0.717) is 12.7 Å². The summed E-state index contributed by atoms with van der Waals surface area (Å²) in [5.74, 6) is -1.91. The highest BCUT2D eigenvalue weighted by molar-refractivity contribution is 5.87. The van der Waals surface area contributed by atoms with Gasteiger partial charge in [-0.05, 0) is 25.3 Å². The van der Waals surface area contributed by atoms with Crippen LogP contribution in [0, 0.1) is 0 Å². The Hall–Kier alpha value is -1.83. The van der Waals surface area contributed by atoms with E-state index in [2.05, 4.69) is 4.98 Å². The van der Waals surface area contributed by atoms with Gasteiger partial charge in [0.25, 0.3) is 0 Å². The van der Waals surface area contributed by atoms with Crippen molar-refractivity contribution in [3.63, 3.8) is 0 Å². The van der Waals surface area contributed by atoms with Crippen LogP contribution in [0.15, 0.2) is 12.1 Å². The number of halogens is 3. The summed E-state index contributed by atoms with van der Waals surface area (Å²) >= 11 is 0. The van der Waals surface area contributed by atoms with Crippen LogP contribution in [-0.4, -0.2) is 35.4 Å². The zero-order chi connectivity index (χ0) is 15.5. The summed E-state index contributed by atoms with van der Waals surface area (Å²) < 4.78 is 48.6. The first-order valence-electron chi connectivity index (χ1n) is 6.44. The molecule has 1 unspecified atom stereocenters. The van der Waals surface area contributed by atoms with Crippen molar-refractivity contribution in [1.82, 2.24) is 4.98 Å². The van der Waals surface area contributed by atoms with E-state index in [-0.39, 0.29) is 18.6 Å². The second kappa shape index (κ2) is 6.30. The molecule has 0 spiro atoms. The van der Waals surface area contributed by atoms with Gasteiger partial charge in [-0.15, -0.1) is 0 Å². The summed E-state index contributed by atoms with van der Waals surface area (Å²) in [6.07, 6.45) is -2.15. The summed E-state index contributed by atoms with van der Waals surface area (Å²) in [7, 11) is 0. The number of hydrogen-bond acceptors (Lipinski definition) is 4. The topological polar surface area (TPSA) is 68.7 Å². The van der Waals surface area contributed by atoms with E-state index in [9.17, 15) is 18.0 Å². The highest BCUT2D eigenvalue weighted by Gasteiger charge is 2.36. The monoisotopic (exact) mass is 305 g/mol. The Labute approximate surface area is 118 Å². The van der Waals surface area contributed by atoms with E-state index >= 15 is 0 Å². The molecular formula is C13H14F3NO4. The molecule has 116 valence electrons. The Morgan fingerprint density at radius 1 is 1.43 bits per heavy atom. The molecule has 2 heterocycles. The summed E-state index contributed by atoms with van der Waals surface area (Å²) in [5, 5.41) is 8.83. The molecule has 0 bridgehead atoms. The Kier molecular flexibility index (Phi) is 4.66. The standard InChI is InChI=1S/C13H14F3NO4/c14-13(15,16)9-4-5-10(17-11(9)12(18)19)21-7-8-3-1-2-6-20-8/h4-5,8H,1-3,6-7H2,(H,18,19). The lowest BCUT2D eigenvalue weighted by molar-refractivity contribution is -0.138. The van der Waals surface area contributed by atoms with Gasteiger partial charge in [0, 0.05) is 12.7 Å². The first-order valence-corrected chi connectivity index (χ1v) is 6.44. The molecule has 0 radical (unpaired) electrons. The largest absolute Gasteiger partial charge is 0.476 e. The Bertz CT molecular complexity index is 513. The Morgan fingerprint density at radius 2 is 2.19 bits per heavy atom. The third-order valence-corrected chi connectivity index (χ3v) is 3.07. The molecule has 21 heavy (non-hydrogen) atoms. The van der Waals surface area contributed by atoms with Gasteiger partial charge in [0.2, 0.25) is 5.88 Å². The number of ether oxygens (including phenoxy) is 2. The van der Waals surface area contributed by atoms with Crippen LogP contribution in [0.3, 0.4) is 0 Å². The lowest BCUT2D eigenvalue weighted by atomic mass is 10.1. The first kappa shape index (κ1) is 15.6. The SMILES string of the molecule is O=C(O)c1nc(OCC2CCCCO2)ccc1C(F)(F)F. The lowest BCUT2D eigenvalue weighted by Gasteiger charge is -2.22. The Balaban J connectivity index is 2.10. The van der Waals surface area contributed by atoms with Gasteiger partial charge in [-0.2, -0.15) is 13.2 Å². The fourth-order valence-electron chi connectivity index (χ4n) is 2.03. The summed E-state index contributed by atoms with van der Waals surface area (Å²) in [6.45, 7) is 0.756. The van der Waals surface area contributed by atoms with Crippen LogP contribution in [0.1, 0.15) is 35.3 Å².